The quantitative estimate of drug-likeness (QED) is 0.235. The van der Waals surface area contributed by atoms with E-state index in [4.69, 9.17) is 25.6 Å². The van der Waals surface area contributed by atoms with E-state index in [1.807, 2.05) is 51.1 Å². The van der Waals surface area contributed by atoms with Gasteiger partial charge in [-0.2, -0.15) is 4.98 Å². The summed E-state index contributed by atoms with van der Waals surface area (Å²) in [6, 6.07) is 16.0. The summed E-state index contributed by atoms with van der Waals surface area (Å²) in [5, 5.41) is 4.56. The van der Waals surface area contributed by atoms with E-state index in [-0.39, 0.29) is 12.4 Å². The van der Waals surface area contributed by atoms with Crippen LogP contribution >= 0.6 is 11.6 Å². The fourth-order valence-electron chi connectivity index (χ4n) is 3.98. The minimum absolute atomic E-state index is 0.192. The standard InChI is InChI=1S/C29H30ClN3O4/c1-18-8-6-7-9-22(18)23-11-10-19(14-21(23)17-35-5)28-32-27(33-37-28)20-15-24(30)25(31-16-20)12-13-26(34)36-29(2,3)4/h6-11,14-16H,12-13,17H2,1-5H3. The molecule has 7 nitrogen and oxygen atoms in total. The molecule has 2 aromatic heterocycles. The third-order valence-electron chi connectivity index (χ3n) is 5.67. The molecule has 0 aliphatic heterocycles. The molecule has 4 rings (SSSR count). The summed E-state index contributed by atoms with van der Waals surface area (Å²) in [5.41, 5.74) is 5.95. The van der Waals surface area contributed by atoms with Crippen molar-refractivity contribution in [3.8, 4) is 34.0 Å². The number of esters is 1. The minimum atomic E-state index is -0.528. The van der Waals surface area contributed by atoms with Crippen LogP contribution in [0.3, 0.4) is 0 Å². The maximum Gasteiger partial charge on any atom is 0.306 e. The van der Waals surface area contributed by atoms with Crippen LogP contribution in [0.2, 0.25) is 5.02 Å². The monoisotopic (exact) mass is 519 g/mol. The summed E-state index contributed by atoms with van der Waals surface area (Å²) in [4.78, 5) is 21.0. The number of aryl methyl sites for hydroxylation is 2. The van der Waals surface area contributed by atoms with Gasteiger partial charge in [0.1, 0.15) is 5.60 Å². The molecular formula is C29H30ClN3O4. The van der Waals surface area contributed by atoms with E-state index in [2.05, 4.69) is 34.2 Å². The first-order chi connectivity index (χ1) is 17.6. The van der Waals surface area contributed by atoms with E-state index < -0.39 is 5.60 Å². The molecule has 37 heavy (non-hydrogen) atoms. The molecule has 0 aliphatic rings. The number of rotatable bonds is 8. The van der Waals surface area contributed by atoms with E-state index in [1.54, 1.807) is 19.4 Å². The van der Waals surface area contributed by atoms with Crippen molar-refractivity contribution in [2.75, 3.05) is 7.11 Å². The van der Waals surface area contributed by atoms with Crippen molar-refractivity contribution < 1.29 is 18.8 Å². The molecule has 0 saturated heterocycles. The van der Waals surface area contributed by atoms with Crippen molar-refractivity contribution in [3.63, 3.8) is 0 Å². The van der Waals surface area contributed by atoms with Crippen LogP contribution in [0.5, 0.6) is 0 Å². The van der Waals surface area contributed by atoms with Crippen molar-refractivity contribution in [3.05, 3.63) is 76.6 Å². The number of carbonyl (C=O) groups is 1. The van der Waals surface area contributed by atoms with Gasteiger partial charge >= 0.3 is 5.97 Å². The van der Waals surface area contributed by atoms with Gasteiger partial charge in [0.15, 0.2) is 0 Å². The van der Waals surface area contributed by atoms with Crippen LogP contribution in [-0.2, 0) is 27.3 Å². The van der Waals surface area contributed by atoms with E-state index in [0.717, 1.165) is 22.3 Å². The minimum Gasteiger partial charge on any atom is -0.460 e. The van der Waals surface area contributed by atoms with Crippen LogP contribution < -0.4 is 0 Å². The van der Waals surface area contributed by atoms with Crippen molar-refractivity contribution in [2.24, 2.45) is 0 Å². The summed E-state index contributed by atoms with van der Waals surface area (Å²) in [5.74, 6) is 0.465. The Kier molecular flexibility index (Phi) is 8.05. The number of hydrogen-bond acceptors (Lipinski definition) is 7. The maximum atomic E-state index is 12.0. The summed E-state index contributed by atoms with van der Waals surface area (Å²) < 4.78 is 16.4. The number of nitrogens with zero attached hydrogens (tertiary/aromatic N) is 3. The average molecular weight is 520 g/mol. The van der Waals surface area contributed by atoms with Gasteiger partial charge in [-0.05, 0) is 68.1 Å². The van der Waals surface area contributed by atoms with Crippen LogP contribution in [0.15, 0.2) is 59.3 Å². The van der Waals surface area contributed by atoms with Crippen molar-refractivity contribution in [2.45, 2.75) is 52.7 Å². The first-order valence-electron chi connectivity index (χ1n) is 12.0. The number of benzene rings is 2. The normalized spacial score (nSPS) is 11.5. The number of methoxy groups -OCH3 is 1. The number of aromatic nitrogens is 3. The smallest absolute Gasteiger partial charge is 0.306 e. The lowest BCUT2D eigenvalue weighted by atomic mass is 9.94. The van der Waals surface area contributed by atoms with E-state index in [1.165, 1.54) is 5.56 Å². The van der Waals surface area contributed by atoms with Crippen LogP contribution in [0, 0.1) is 6.92 Å². The van der Waals surface area contributed by atoms with Gasteiger partial charge < -0.3 is 14.0 Å². The van der Waals surface area contributed by atoms with Crippen LogP contribution in [0.25, 0.3) is 34.0 Å². The van der Waals surface area contributed by atoms with Gasteiger partial charge in [0.2, 0.25) is 5.82 Å². The van der Waals surface area contributed by atoms with Crippen molar-refractivity contribution >= 4 is 17.6 Å². The molecule has 8 heteroatoms. The van der Waals surface area contributed by atoms with Crippen molar-refractivity contribution in [1.82, 2.24) is 15.1 Å². The highest BCUT2D eigenvalue weighted by Crippen LogP contribution is 2.32. The Morgan fingerprint density at radius 3 is 2.54 bits per heavy atom. The predicted molar refractivity (Wildman–Crippen MR) is 143 cm³/mol. The molecule has 0 radical (unpaired) electrons. The Bertz CT molecular complexity index is 1410. The molecule has 4 aromatic rings. The zero-order valence-electron chi connectivity index (χ0n) is 21.7. The van der Waals surface area contributed by atoms with Crippen LogP contribution in [-0.4, -0.2) is 33.8 Å². The molecular weight excluding hydrogens is 490 g/mol. The molecule has 0 unspecified atom stereocenters. The molecule has 0 N–H and O–H groups in total. The Labute approximate surface area is 221 Å². The Morgan fingerprint density at radius 2 is 1.84 bits per heavy atom. The summed E-state index contributed by atoms with van der Waals surface area (Å²) >= 11 is 6.45. The highest BCUT2D eigenvalue weighted by Gasteiger charge is 2.18. The number of carbonyl (C=O) groups excluding carboxylic acids is 1. The second-order valence-electron chi connectivity index (χ2n) is 9.78. The molecule has 0 aliphatic carbocycles. The van der Waals surface area contributed by atoms with Gasteiger partial charge in [-0.15, -0.1) is 0 Å². The second-order valence-corrected chi connectivity index (χ2v) is 10.2. The first kappa shape index (κ1) is 26.5. The number of hydrogen-bond donors (Lipinski definition) is 0. The zero-order chi connectivity index (χ0) is 26.6. The molecule has 2 aromatic carbocycles. The fraction of sp³-hybridized carbons (Fsp3) is 0.310. The molecule has 0 fully saturated rings. The third-order valence-corrected chi connectivity index (χ3v) is 6.00. The molecule has 0 amide bonds. The van der Waals surface area contributed by atoms with Crippen molar-refractivity contribution in [1.29, 1.82) is 0 Å². The SMILES string of the molecule is COCc1cc(-c2nc(-c3cnc(CCC(=O)OC(C)(C)C)c(Cl)c3)no2)ccc1-c1ccccc1C. The summed E-state index contributed by atoms with van der Waals surface area (Å²) in [7, 11) is 1.67. The Hall–Kier alpha value is -3.55. The van der Waals surface area contributed by atoms with Gasteiger partial charge in [-0.1, -0.05) is 47.1 Å². The Morgan fingerprint density at radius 1 is 1.05 bits per heavy atom. The topological polar surface area (TPSA) is 87.3 Å². The van der Waals surface area contributed by atoms with Crippen LogP contribution in [0.4, 0.5) is 0 Å². The predicted octanol–water partition coefficient (Wildman–Crippen LogP) is 6.85. The molecule has 2 heterocycles. The van der Waals surface area contributed by atoms with E-state index in [0.29, 0.717) is 41.0 Å². The number of pyridine rings is 1. The number of ether oxygens (including phenoxy) is 2. The lowest BCUT2D eigenvalue weighted by molar-refractivity contribution is -0.154. The van der Waals surface area contributed by atoms with Gasteiger partial charge in [-0.25, -0.2) is 0 Å². The zero-order valence-corrected chi connectivity index (χ0v) is 22.4. The largest absolute Gasteiger partial charge is 0.460 e. The lowest BCUT2D eigenvalue weighted by Gasteiger charge is -2.19. The first-order valence-corrected chi connectivity index (χ1v) is 12.4. The average Bonchev–Trinajstić information content (AvgIpc) is 3.33. The summed E-state index contributed by atoms with van der Waals surface area (Å²) in [6.07, 6.45) is 2.20. The lowest BCUT2D eigenvalue weighted by Crippen LogP contribution is -2.24. The number of halogens is 1. The second kappa shape index (κ2) is 11.2. The molecule has 0 saturated carbocycles. The van der Waals surface area contributed by atoms with Crippen LogP contribution in [0.1, 0.15) is 44.0 Å². The highest BCUT2D eigenvalue weighted by atomic mass is 35.5. The van der Waals surface area contributed by atoms with E-state index in [9.17, 15) is 4.79 Å². The summed E-state index contributed by atoms with van der Waals surface area (Å²) in [6.45, 7) is 8.04. The maximum absolute atomic E-state index is 12.0. The third kappa shape index (κ3) is 6.61. The fourth-order valence-corrected chi connectivity index (χ4v) is 4.24. The van der Waals surface area contributed by atoms with E-state index >= 15 is 0 Å². The molecule has 0 spiro atoms. The highest BCUT2D eigenvalue weighted by molar-refractivity contribution is 6.31. The van der Waals surface area contributed by atoms with Gasteiger partial charge in [0.05, 0.1) is 23.7 Å². The van der Waals surface area contributed by atoms with Gasteiger partial charge in [0, 0.05) is 30.9 Å². The molecule has 192 valence electrons. The molecule has 0 atom stereocenters. The Balaban J connectivity index is 1.54. The van der Waals surface area contributed by atoms with Gasteiger partial charge in [-0.3, -0.25) is 9.78 Å². The van der Waals surface area contributed by atoms with Gasteiger partial charge in [0.25, 0.3) is 5.89 Å². The molecule has 0 bridgehead atoms.